The number of nitrogens with one attached hydrogen (secondary N) is 1. The summed E-state index contributed by atoms with van der Waals surface area (Å²) in [7, 11) is 0. The van der Waals surface area contributed by atoms with E-state index in [1.165, 1.54) is 0 Å². The smallest absolute Gasteiger partial charge is 0.220 e. The zero-order valence-electron chi connectivity index (χ0n) is 8.67. The molecule has 0 atom stereocenters. The second kappa shape index (κ2) is 7.05. The van der Waals surface area contributed by atoms with Crippen molar-refractivity contribution in [2.45, 2.75) is 12.8 Å². The maximum absolute atomic E-state index is 11.2. The average molecular weight is 278 g/mol. The second-order valence-electron chi connectivity index (χ2n) is 3.31. The molecule has 0 aliphatic rings. The Morgan fingerprint density at radius 3 is 2.75 bits per heavy atom. The quantitative estimate of drug-likeness (QED) is 0.797. The molecule has 5 heteroatoms. The van der Waals surface area contributed by atoms with Gasteiger partial charge >= 0.3 is 0 Å². The first-order valence-electron chi connectivity index (χ1n) is 4.95. The van der Waals surface area contributed by atoms with Crippen molar-refractivity contribution in [1.82, 2.24) is 5.32 Å². The summed E-state index contributed by atoms with van der Waals surface area (Å²) in [4.78, 5) is 11.2. The Labute approximate surface area is 111 Å². The number of halogens is 2. The summed E-state index contributed by atoms with van der Waals surface area (Å²) in [5, 5.41) is 4.05. The van der Waals surface area contributed by atoms with E-state index in [9.17, 15) is 4.79 Å². The number of hydrogen-bond donors (Lipinski definition) is 2. The number of benzene rings is 1. The molecule has 1 aromatic carbocycles. The van der Waals surface area contributed by atoms with Crippen LogP contribution < -0.4 is 5.32 Å². The van der Waals surface area contributed by atoms with Gasteiger partial charge < -0.3 is 5.32 Å². The van der Waals surface area contributed by atoms with Gasteiger partial charge in [0, 0.05) is 23.0 Å². The molecular formula is C11H13Cl2NOS. The van der Waals surface area contributed by atoms with Crippen molar-refractivity contribution in [2.75, 3.05) is 12.3 Å². The van der Waals surface area contributed by atoms with Gasteiger partial charge in [0.05, 0.1) is 0 Å². The van der Waals surface area contributed by atoms with Crippen LogP contribution in [0.1, 0.15) is 12.0 Å². The lowest BCUT2D eigenvalue weighted by Crippen LogP contribution is -2.25. The summed E-state index contributed by atoms with van der Waals surface area (Å²) in [5.74, 6) is 0.577. The Kier molecular flexibility index (Phi) is 6.03. The van der Waals surface area contributed by atoms with Crippen LogP contribution in [0.3, 0.4) is 0 Å². The average Bonchev–Trinajstić information content (AvgIpc) is 2.22. The molecule has 0 heterocycles. The molecule has 88 valence electrons. The maximum Gasteiger partial charge on any atom is 0.220 e. The fourth-order valence-corrected chi connectivity index (χ4v) is 1.96. The lowest BCUT2D eigenvalue weighted by Gasteiger charge is -2.06. The van der Waals surface area contributed by atoms with Gasteiger partial charge in [-0.1, -0.05) is 29.3 Å². The summed E-state index contributed by atoms with van der Waals surface area (Å²) in [5.41, 5.74) is 0.984. The van der Waals surface area contributed by atoms with Gasteiger partial charge in [0.1, 0.15) is 0 Å². The van der Waals surface area contributed by atoms with Crippen LogP contribution in [0.4, 0.5) is 0 Å². The minimum Gasteiger partial charge on any atom is -0.356 e. The molecule has 1 amide bonds. The summed E-state index contributed by atoms with van der Waals surface area (Å²) >= 11 is 15.8. The SMILES string of the molecule is O=C(CCS)NCCc1ccc(Cl)cc1Cl. The third-order valence-corrected chi connectivity index (χ3v) is 2.88. The molecule has 0 saturated heterocycles. The van der Waals surface area contributed by atoms with Crippen molar-refractivity contribution >= 4 is 41.7 Å². The van der Waals surface area contributed by atoms with Crippen molar-refractivity contribution in [3.8, 4) is 0 Å². The molecule has 0 radical (unpaired) electrons. The third kappa shape index (κ3) is 4.64. The predicted octanol–water partition coefficient (Wildman–Crippen LogP) is 2.97. The van der Waals surface area contributed by atoms with Crippen LogP contribution in [0.5, 0.6) is 0 Å². The first-order valence-corrected chi connectivity index (χ1v) is 6.34. The molecule has 16 heavy (non-hydrogen) atoms. The Morgan fingerprint density at radius 2 is 2.12 bits per heavy atom. The highest BCUT2D eigenvalue weighted by atomic mass is 35.5. The second-order valence-corrected chi connectivity index (χ2v) is 4.60. The van der Waals surface area contributed by atoms with E-state index >= 15 is 0 Å². The van der Waals surface area contributed by atoms with E-state index in [2.05, 4.69) is 17.9 Å². The Hall–Kier alpha value is -0.380. The predicted molar refractivity (Wildman–Crippen MR) is 71.6 cm³/mol. The molecule has 0 fully saturated rings. The molecule has 0 aliphatic carbocycles. The summed E-state index contributed by atoms with van der Waals surface area (Å²) < 4.78 is 0. The Morgan fingerprint density at radius 1 is 1.38 bits per heavy atom. The van der Waals surface area contributed by atoms with Gasteiger partial charge in [-0.2, -0.15) is 12.6 Å². The molecule has 0 bridgehead atoms. The molecule has 1 N–H and O–H groups in total. The topological polar surface area (TPSA) is 29.1 Å². The van der Waals surface area contributed by atoms with Crippen LogP contribution >= 0.6 is 35.8 Å². The van der Waals surface area contributed by atoms with Gasteiger partial charge in [0.25, 0.3) is 0 Å². The number of carbonyl (C=O) groups excluding carboxylic acids is 1. The van der Waals surface area contributed by atoms with Gasteiger partial charge in [0.15, 0.2) is 0 Å². The fourth-order valence-electron chi connectivity index (χ4n) is 1.25. The normalized spacial score (nSPS) is 10.2. The number of rotatable bonds is 5. The maximum atomic E-state index is 11.2. The van der Waals surface area contributed by atoms with Gasteiger partial charge in [0.2, 0.25) is 5.91 Å². The van der Waals surface area contributed by atoms with E-state index in [-0.39, 0.29) is 5.91 Å². The monoisotopic (exact) mass is 277 g/mol. The van der Waals surface area contributed by atoms with Crippen LogP contribution in [-0.2, 0) is 11.2 Å². The zero-order valence-corrected chi connectivity index (χ0v) is 11.1. The number of amides is 1. The minimum atomic E-state index is 0.0140. The highest BCUT2D eigenvalue weighted by Crippen LogP contribution is 2.20. The van der Waals surface area contributed by atoms with E-state index in [1.807, 2.05) is 6.07 Å². The first-order chi connectivity index (χ1) is 7.63. The molecule has 0 saturated carbocycles. The molecule has 2 nitrogen and oxygen atoms in total. The van der Waals surface area contributed by atoms with E-state index < -0.39 is 0 Å². The number of hydrogen-bond acceptors (Lipinski definition) is 2. The molecule has 0 unspecified atom stereocenters. The number of thiol groups is 1. The van der Waals surface area contributed by atoms with Crippen molar-refractivity contribution in [1.29, 1.82) is 0 Å². The van der Waals surface area contributed by atoms with Crippen molar-refractivity contribution < 1.29 is 4.79 Å². The number of carbonyl (C=O) groups is 1. The van der Waals surface area contributed by atoms with Crippen LogP contribution in [0, 0.1) is 0 Å². The minimum absolute atomic E-state index is 0.0140. The third-order valence-electron chi connectivity index (χ3n) is 2.07. The van der Waals surface area contributed by atoms with Gasteiger partial charge in [-0.05, 0) is 29.9 Å². The fraction of sp³-hybridized carbons (Fsp3) is 0.364. The molecular weight excluding hydrogens is 265 g/mol. The van der Waals surface area contributed by atoms with Crippen LogP contribution in [0.15, 0.2) is 18.2 Å². The molecule has 1 rings (SSSR count). The lowest BCUT2D eigenvalue weighted by molar-refractivity contribution is -0.120. The molecule has 0 aliphatic heterocycles. The van der Waals surface area contributed by atoms with Crippen molar-refractivity contribution in [3.05, 3.63) is 33.8 Å². The summed E-state index contributed by atoms with van der Waals surface area (Å²) in [6.07, 6.45) is 1.14. The Bertz CT molecular complexity index is 371. The van der Waals surface area contributed by atoms with E-state index in [0.29, 0.717) is 35.2 Å². The van der Waals surface area contributed by atoms with Crippen LogP contribution in [0.25, 0.3) is 0 Å². The first kappa shape index (κ1) is 13.7. The standard InChI is InChI=1S/C11H13Cl2NOS/c12-9-2-1-8(10(13)7-9)3-5-14-11(15)4-6-16/h1-2,7,16H,3-6H2,(H,14,15). The van der Waals surface area contributed by atoms with E-state index in [4.69, 9.17) is 23.2 Å². The van der Waals surface area contributed by atoms with Gasteiger partial charge in [-0.25, -0.2) is 0 Å². The van der Waals surface area contributed by atoms with Gasteiger partial charge in [-0.15, -0.1) is 0 Å². The summed E-state index contributed by atoms with van der Waals surface area (Å²) in [6.45, 7) is 0.577. The highest BCUT2D eigenvalue weighted by molar-refractivity contribution is 7.80. The largest absolute Gasteiger partial charge is 0.356 e. The van der Waals surface area contributed by atoms with Crippen molar-refractivity contribution in [3.63, 3.8) is 0 Å². The highest BCUT2D eigenvalue weighted by Gasteiger charge is 2.02. The van der Waals surface area contributed by atoms with Crippen LogP contribution in [-0.4, -0.2) is 18.2 Å². The molecule has 1 aromatic rings. The van der Waals surface area contributed by atoms with E-state index in [0.717, 1.165) is 5.56 Å². The zero-order chi connectivity index (χ0) is 12.0. The Balaban J connectivity index is 2.40. The van der Waals surface area contributed by atoms with Crippen LogP contribution in [0.2, 0.25) is 10.0 Å². The van der Waals surface area contributed by atoms with Crippen molar-refractivity contribution in [2.24, 2.45) is 0 Å². The van der Waals surface area contributed by atoms with Gasteiger partial charge in [-0.3, -0.25) is 4.79 Å². The molecule has 0 aromatic heterocycles. The summed E-state index contributed by atoms with van der Waals surface area (Å²) in [6, 6.07) is 5.36. The molecule has 0 spiro atoms. The van der Waals surface area contributed by atoms with E-state index in [1.54, 1.807) is 12.1 Å². The lowest BCUT2D eigenvalue weighted by atomic mass is 10.1.